The lowest BCUT2D eigenvalue weighted by Crippen LogP contribution is -2.31. The zero-order valence-electron chi connectivity index (χ0n) is 20.8. The largest absolute Gasteiger partial charge is 0.491 e. The van der Waals surface area contributed by atoms with Crippen LogP contribution in [0.5, 0.6) is 11.6 Å². The van der Waals surface area contributed by atoms with Crippen LogP contribution in [-0.4, -0.2) is 48.3 Å². The van der Waals surface area contributed by atoms with E-state index in [1.807, 2.05) is 6.92 Å². The van der Waals surface area contributed by atoms with Crippen LogP contribution in [0.4, 0.5) is 4.39 Å². The summed E-state index contributed by atoms with van der Waals surface area (Å²) in [5.74, 6) is -0.0833. The molecule has 10 heteroatoms. The van der Waals surface area contributed by atoms with Crippen molar-refractivity contribution in [1.82, 2.24) is 14.1 Å². The zero-order valence-corrected chi connectivity index (χ0v) is 21.6. The Labute approximate surface area is 208 Å². The number of rotatable bonds is 8. The second-order valence-corrected chi connectivity index (χ2v) is 10.8. The number of hydrogen-bond acceptors (Lipinski definition) is 6. The molecule has 0 radical (unpaired) electrons. The number of aromatic nitrogens is 3. The summed E-state index contributed by atoms with van der Waals surface area (Å²) in [6, 6.07) is 12.3. The second kappa shape index (κ2) is 9.77. The predicted molar refractivity (Wildman–Crippen MR) is 137 cm³/mol. The first-order chi connectivity index (χ1) is 17.0. The van der Waals surface area contributed by atoms with Crippen LogP contribution in [-0.2, 0) is 16.9 Å². The highest BCUT2D eigenvalue weighted by Crippen LogP contribution is 2.32. The van der Waals surface area contributed by atoms with Gasteiger partial charge in [0.25, 0.3) is 5.88 Å². The van der Waals surface area contributed by atoms with Crippen LogP contribution < -0.4 is 15.2 Å². The van der Waals surface area contributed by atoms with E-state index >= 15 is 0 Å². The number of ether oxygens (including phenoxy) is 2. The first kappa shape index (κ1) is 25.4. The molecule has 4 rings (SSSR count). The van der Waals surface area contributed by atoms with E-state index in [1.165, 1.54) is 28.4 Å². The molecule has 36 heavy (non-hydrogen) atoms. The number of benzene rings is 2. The molecule has 8 nitrogen and oxygen atoms in total. The summed E-state index contributed by atoms with van der Waals surface area (Å²) in [7, 11) is -0.415. The van der Waals surface area contributed by atoms with Gasteiger partial charge in [-0.15, -0.1) is 0 Å². The van der Waals surface area contributed by atoms with Gasteiger partial charge in [-0.3, -0.25) is 9.13 Å². The molecule has 0 aliphatic heterocycles. The number of imidazole rings is 1. The average molecular weight is 514 g/mol. The molecular formula is C26H28FN3O5S. The molecule has 0 saturated carbocycles. The Morgan fingerprint density at radius 3 is 2.50 bits per heavy atom. The van der Waals surface area contributed by atoms with Crippen LogP contribution >= 0.6 is 0 Å². The lowest BCUT2D eigenvalue weighted by atomic mass is 10.00. The third-order valence-corrected chi connectivity index (χ3v) is 6.98. The highest BCUT2D eigenvalue weighted by molar-refractivity contribution is 7.90. The van der Waals surface area contributed by atoms with E-state index < -0.39 is 21.6 Å². The van der Waals surface area contributed by atoms with Crippen LogP contribution in [0.15, 0.2) is 53.3 Å². The number of hydrogen-bond donors (Lipinski definition) is 0. The summed E-state index contributed by atoms with van der Waals surface area (Å²) in [5, 5.41) is 0. The Kier molecular flexibility index (Phi) is 6.90. The van der Waals surface area contributed by atoms with E-state index in [0.717, 1.165) is 17.4 Å². The van der Waals surface area contributed by atoms with Gasteiger partial charge in [-0.2, -0.15) is 0 Å². The van der Waals surface area contributed by atoms with Gasteiger partial charge in [0.1, 0.15) is 15.7 Å². The summed E-state index contributed by atoms with van der Waals surface area (Å²) < 4.78 is 52.6. The minimum Gasteiger partial charge on any atom is -0.491 e. The number of halogens is 1. The Morgan fingerprint density at radius 1 is 1.08 bits per heavy atom. The molecule has 0 unspecified atom stereocenters. The van der Waals surface area contributed by atoms with Crippen LogP contribution in [0.3, 0.4) is 0 Å². The highest BCUT2D eigenvalue weighted by atomic mass is 32.2. The first-order valence-corrected chi connectivity index (χ1v) is 13.4. The van der Waals surface area contributed by atoms with Gasteiger partial charge in [-0.25, -0.2) is 22.6 Å². The predicted octanol–water partition coefficient (Wildman–Crippen LogP) is 3.89. The molecule has 0 amide bonds. The third kappa shape index (κ3) is 4.86. The monoisotopic (exact) mass is 513 g/mol. The van der Waals surface area contributed by atoms with Gasteiger partial charge in [0.15, 0.2) is 5.75 Å². The standard InChI is InChI=1S/C26H28FN3O5S/c1-6-35-25-24(34-4)12-10-20(28-25)23(15-36(5,32)33)30-21-11-8-17(13-22(21)29(3)26(30)31)19-14-18(27)9-7-16(19)2/h7-14,23H,6,15H2,1-5H3/t23-/m1/s1. The van der Waals surface area contributed by atoms with E-state index in [4.69, 9.17) is 9.47 Å². The molecule has 2 aromatic carbocycles. The molecule has 0 saturated heterocycles. The van der Waals surface area contributed by atoms with Crippen LogP contribution in [0.25, 0.3) is 22.2 Å². The first-order valence-electron chi connectivity index (χ1n) is 11.4. The second-order valence-electron chi connectivity index (χ2n) is 8.66. The summed E-state index contributed by atoms with van der Waals surface area (Å²) in [4.78, 5) is 18.0. The fourth-order valence-corrected chi connectivity index (χ4v) is 5.23. The highest BCUT2D eigenvalue weighted by Gasteiger charge is 2.27. The van der Waals surface area contributed by atoms with Crippen LogP contribution in [0.2, 0.25) is 0 Å². The fraction of sp³-hybridized carbons (Fsp3) is 0.308. The van der Waals surface area contributed by atoms with E-state index in [9.17, 15) is 17.6 Å². The van der Waals surface area contributed by atoms with Crippen molar-refractivity contribution in [2.24, 2.45) is 7.05 Å². The van der Waals surface area contributed by atoms with Gasteiger partial charge >= 0.3 is 5.69 Å². The number of nitrogens with zero attached hydrogens (tertiary/aromatic N) is 3. The quantitative estimate of drug-likeness (QED) is 0.355. The Balaban J connectivity index is 1.94. The molecule has 190 valence electrons. The van der Waals surface area contributed by atoms with Gasteiger partial charge in [0, 0.05) is 13.3 Å². The number of fused-ring (bicyclic) bond motifs is 1. The SMILES string of the molecule is CCOc1nc([C@@H](CS(C)(=O)=O)n2c(=O)n(C)c3cc(-c4cc(F)ccc4C)ccc32)ccc1OC. The van der Waals surface area contributed by atoms with Gasteiger partial charge in [0.2, 0.25) is 0 Å². The molecule has 1 atom stereocenters. The average Bonchev–Trinajstić information content (AvgIpc) is 3.08. The van der Waals surface area contributed by atoms with Crippen LogP contribution in [0.1, 0.15) is 24.2 Å². The molecule has 4 aromatic rings. The summed E-state index contributed by atoms with van der Waals surface area (Å²) >= 11 is 0. The van der Waals surface area contributed by atoms with Crippen molar-refractivity contribution in [2.45, 2.75) is 19.9 Å². The van der Waals surface area contributed by atoms with E-state index in [1.54, 1.807) is 50.4 Å². The molecule has 0 fully saturated rings. The van der Waals surface area contributed by atoms with Crippen molar-refractivity contribution in [3.8, 4) is 22.8 Å². The lowest BCUT2D eigenvalue weighted by Gasteiger charge is -2.19. The van der Waals surface area contributed by atoms with Gasteiger partial charge in [0.05, 0.1) is 42.2 Å². The Morgan fingerprint density at radius 2 is 1.83 bits per heavy atom. The maximum Gasteiger partial charge on any atom is 0.329 e. The van der Waals surface area contributed by atoms with E-state index in [-0.39, 0.29) is 17.5 Å². The topological polar surface area (TPSA) is 92.4 Å². The summed E-state index contributed by atoms with van der Waals surface area (Å²) in [5.41, 5.74) is 3.41. The molecular weight excluding hydrogens is 485 g/mol. The minimum absolute atomic E-state index is 0.216. The molecule has 0 aliphatic rings. The fourth-order valence-electron chi connectivity index (χ4n) is 4.34. The molecule has 2 aromatic heterocycles. The van der Waals surface area contributed by atoms with Crippen molar-refractivity contribution in [2.75, 3.05) is 25.7 Å². The number of sulfone groups is 1. The molecule has 0 bridgehead atoms. The Bertz CT molecular complexity index is 1610. The lowest BCUT2D eigenvalue weighted by molar-refractivity contribution is 0.296. The van der Waals surface area contributed by atoms with Crippen molar-refractivity contribution in [3.05, 3.63) is 76.1 Å². The van der Waals surface area contributed by atoms with Crippen molar-refractivity contribution in [3.63, 3.8) is 0 Å². The van der Waals surface area contributed by atoms with E-state index in [0.29, 0.717) is 34.6 Å². The van der Waals surface area contributed by atoms with Crippen molar-refractivity contribution >= 4 is 20.9 Å². The molecule has 0 aliphatic carbocycles. The summed E-state index contributed by atoms with van der Waals surface area (Å²) in [6.45, 7) is 4.02. The zero-order chi connectivity index (χ0) is 26.2. The Hall–Kier alpha value is -3.66. The number of aryl methyl sites for hydroxylation is 2. The number of methoxy groups -OCH3 is 1. The van der Waals surface area contributed by atoms with Gasteiger partial charge < -0.3 is 9.47 Å². The normalized spacial score (nSPS) is 12.6. The minimum atomic E-state index is -3.52. The smallest absolute Gasteiger partial charge is 0.329 e. The van der Waals surface area contributed by atoms with E-state index in [2.05, 4.69) is 4.98 Å². The maximum absolute atomic E-state index is 13.9. The van der Waals surface area contributed by atoms with Crippen molar-refractivity contribution < 1.29 is 22.3 Å². The van der Waals surface area contributed by atoms with Crippen LogP contribution in [0, 0.1) is 12.7 Å². The van der Waals surface area contributed by atoms with Gasteiger partial charge in [-0.1, -0.05) is 12.1 Å². The molecule has 0 N–H and O–H groups in total. The summed E-state index contributed by atoms with van der Waals surface area (Å²) in [6.07, 6.45) is 1.12. The maximum atomic E-state index is 13.9. The molecule has 2 heterocycles. The van der Waals surface area contributed by atoms with Crippen molar-refractivity contribution in [1.29, 1.82) is 0 Å². The number of pyridine rings is 1. The third-order valence-electron chi connectivity index (χ3n) is 6.06. The molecule has 0 spiro atoms. The van der Waals surface area contributed by atoms with Gasteiger partial charge in [-0.05, 0) is 66.9 Å².